The predicted molar refractivity (Wildman–Crippen MR) is 93.1 cm³/mol. The molecule has 3 N–H and O–H groups in total. The van der Waals surface area contributed by atoms with E-state index >= 15 is 0 Å². The second-order valence-electron chi connectivity index (χ2n) is 5.93. The Balaban J connectivity index is 1.95. The zero-order chi connectivity index (χ0) is 16.8. The van der Waals surface area contributed by atoms with Gasteiger partial charge < -0.3 is 15.8 Å². The van der Waals surface area contributed by atoms with Crippen molar-refractivity contribution in [2.75, 3.05) is 5.32 Å². The van der Waals surface area contributed by atoms with E-state index in [4.69, 9.17) is 10.5 Å². The summed E-state index contributed by atoms with van der Waals surface area (Å²) < 4.78 is 5.55. The van der Waals surface area contributed by atoms with Crippen LogP contribution in [-0.4, -0.2) is 12.0 Å². The van der Waals surface area contributed by atoms with Crippen LogP contribution in [0, 0.1) is 6.92 Å². The minimum atomic E-state index is -0.681. The van der Waals surface area contributed by atoms with Gasteiger partial charge in [-0.1, -0.05) is 42.0 Å². The second-order valence-corrected chi connectivity index (χ2v) is 5.93. The number of benzene rings is 2. The average Bonchev–Trinajstić information content (AvgIpc) is 2.54. The van der Waals surface area contributed by atoms with Gasteiger partial charge in [-0.05, 0) is 44.0 Å². The van der Waals surface area contributed by atoms with Crippen LogP contribution in [0.2, 0.25) is 0 Å². The molecule has 0 aliphatic carbocycles. The summed E-state index contributed by atoms with van der Waals surface area (Å²) in [6.07, 6.45) is 0.196. The highest BCUT2D eigenvalue weighted by Crippen LogP contribution is 2.16. The summed E-state index contributed by atoms with van der Waals surface area (Å²) in [6, 6.07) is 14.6. The molecule has 0 aliphatic rings. The molecule has 0 radical (unpaired) electrons. The Labute approximate surface area is 137 Å². The fraction of sp³-hybridized carbons (Fsp3) is 0.316. The average molecular weight is 312 g/mol. The monoisotopic (exact) mass is 312 g/mol. The second kappa shape index (κ2) is 7.90. The molecule has 0 saturated heterocycles. The number of anilines is 1. The highest BCUT2D eigenvalue weighted by molar-refractivity contribution is 5.95. The normalized spacial score (nSPS) is 12.2. The first-order valence-corrected chi connectivity index (χ1v) is 7.79. The molecule has 0 bridgehead atoms. The summed E-state index contributed by atoms with van der Waals surface area (Å²) in [7, 11) is 0. The van der Waals surface area contributed by atoms with Crippen LogP contribution in [0.5, 0.6) is 0 Å². The maximum Gasteiger partial charge on any atom is 0.245 e. The maximum absolute atomic E-state index is 12.2. The van der Waals surface area contributed by atoms with Crippen molar-refractivity contribution in [3.63, 3.8) is 0 Å². The lowest BCUT2D eigenvalue weighted by Crippen LogP contribution is -2.27. The van der Waals surface area contributed by atoms with E-state index in [1.165, 1.54) is 0 Å². The van der Waals surface area contributed by atoms with Gasteiger partial charge in [0.25, 0.3) is 0 Å². The van der Waals surface area contributed by atoms with E-state index in [0.717, 1.165) is 22.4 Å². The number of aryl methyl sites for hydroxylation is 1. The summed E-state index contributed by atoms with van der Waals surface area (Å²) in [4.78, 5) is 12.2. The summed E-state index contributed by atoms with van der Waals surface area (Å²) in [5.74, 6) is -0.222. The number of carbonyl (C=O) groups excluding carboxylic acids is 1. The van der Waals surface area contributed by atoms with E-state index in [1.54, 1.807) is 0 Å². The van der Waals surface area contributed by atoms with Gasteiger partial charge in [-0.15, -0.1) is 0 Å². The van der Waals surface area contributed by atoms with Crippen molar-refractivity contribution in [2.24, 2.45) is 5.73 Å². The van der Waals surface area contributed by atoms with Crippen LogP contribution in [0.3, 0.4) is 0 Å². The fourth-order valence-corrected chi connectivity index (χ4v) is 2.09. The molecule has 4 heteroatoms. The molecule has 0 heterocycles. The molecule has 23 heavy (non-hydrogen) atoms. The third-order valence-corrected chi connectivity index (χ3v) is 3.52. The smallest absolute Gasteiger partial charge is 0.245 e. The summed E-state index contributed by atoms with van der Waals surface area (Å²) in [6.45, 7) is 6.57. The van der Waals surface area contributed by atoms with Gasteiger partial charge in [-0.25, -0.2) is 0 Å². The number of nitrogens with two attached hydrogens (primary N) is 1. The van der Waals surface area contributed by atoms with E-state index in [9.17, 15) is 4.79 Å². The van der Waals surface area contributed by atoms with Crippen LogP contribution >= 0.6 is 0 Å². The van der Waals surface area contributed by atoms with Crippen molar-refractivity contribution in [1.82, 2.24) is 0 Å². The minimum absolute atomic E-state index is 0.196. The minimum Gasteiger partial charge on any atom is -0.374 e. The van der Waals surface area contributed by atoms with Crippen LogP contribution in [0.15, 0.2) is 48.5 Å². The molecular weight excluding hydrogens is 288 g/mol. The molecule has 2 rings (SSSR count). The first-order valence-electron chi connectivity index (χ1n) is 7.79. The van der Waals surface area contributed by atoms with Gasteiger partial charge in [0.2, 0.25) is 5.91 Å². The van der Waals surface area contributed by atoms with Crippen LogP contribution in [0.1, 0.15) is 36.6 Å². The number of rotatable bonds is 6. The zero-order valence-electron chi connectivity index (χ0n) is 13.9. The molecule has 122 valence electrons. The Hall–Kier alpha value is -2.17. The van der Waals surface area contributed by atoms with Gasteiger partial charge >= 0.3 is 0 Å². The molecule has 2 aromatic carbocycles. The fourth-order valence-electron chi connectivity index (χ4n) is 2.09. The lowest BCUT2D eigenvalue weighted by Gasteiger charge is -2.13. The van der Waals surface area contributed by atoms with Crippen LogP contribution in [-0.2, 0) is 16.1 Å². The quantitative estimate of drug-likeness (QED) is 0.857. The molecule has 0 spiro atoms. The predicted octanol–water partition coefficient (Wildman–Crippen LogP) is 3.56. The Kier molecular flexibility index (Phi) is 5.90. The van der Waals surface area contributed by atoms with Gasteiger partial charge in [-0.3, -0.25) is 4.79 Å². The summed E-state index contributed by atoms with van der Waals surface area (Å²) in [5.41, 5.74) is 9.75. The Morgan fingerprint density at radius 1 is 1.09 bits per heavy atom. The van der Waals surface area contributed by atoms with Crippen molar-refractivity contribution in [1.29, 1.82) is 0 Å². The summed E-state index contributed by atoms with van der Waals surface area (Å²) in [5, 5.41) is 2.84. The Bertz CT molecular complexity index is 633. The first-order chi connectivity index (χ1) is 11.0. The Morgan fingerprint density at radius 3 is 2.26 bits per heavy atom. The lowest BCUT2D eigenvalue weighted by molar-refractivity contribution is -0.117. The topological polar surface area (TPSA) is 64.4 Å². The van der Waals surface area contributed by atoms with Crippen LogP contribution in [0.4, 0.5) is 5.69 Å². The van der Waals surface area contributed by atoms with Gasteiger partial charge in [0, 0.05) is 5.69 Å². The van der Waals surface area contributed by atoms with Crippen molar-refractivity contribution < 1.29 is 9.53 Å². The maximum atomic E-state index is 12.2. The highest BCUT2D eigenvalue weighted by Gasteiger charge is 2.15. The molecule has 0 fully saturated rings. The van der Waals surface area contributed by atoms with E-state index in [2.05, 4.69) is 5.32 Å². The van der Waals surface area contributed by atoms with Crippen molar-refractivity contribution in [3.05, 3.63) is 65.2 Å². The van der Waals surface area contributed by atoms with Gasteiger partial charge in [0.15, 0.2) is 0 Å². The van der Waals surface area contributed by atoms with Crippen LogP contribution < -0.4 is 11.1 Å². The lowest BCUT2D eigenvalue weighted by atomic mass is 10.1. The number of ether oxygens (including phenoxy) is 1. The SMILES string of the molecule is Cc1ccc(C(N)C(=O)Nc2ccc(COC(C)C)cc2)cc1. The van der Waals surface area contributed by atoms with E-state index in [1.807, 2.05) is 69.3 Å². The largest absolute Gasteiger partial charge is 0.374 e. The van der Waals surface area contributed by atoms with Gasteiger partial charge in [0.05, 0.1) is 12.7 Å². The first kappa shape index (κ1) is 17.2. The standard InChI is InChI=1S/C19H24N2O2/c1-13(2)23-12-15-6-10-17(11-7-15)21-19(22)18(20)16-8-4-14(3)5-9-16/h4-11,13,18H,12,20H2,1-3H3,(H,21,22). The molecule has 0 saturated carbocycles. The van der Waals surface area contributed by atoms with E-state index < -0.39 is 6.04 Å². The van der Waals surface area contributed by atoms with Crippen LogP contribution in [0.25, 0.3) is 0 Å². The van der Waals surface area contributed by atoms with Crippen molar-refractivity contribution in [2.45, 2.75) is 39.5 Å². The molecule has 1 unspecified atom stereocenters. The molecular formula is C19H24N2O2. The third kappa shape index (κ3) is 5.20. The van der Waals surface area contributed by atoms with E-state index in [-0.39, 0.29) is 12.0 Å². The van der Waals surface area contributed by atoms with Gasteiger partial charge in [0.1, 0.15) is 6.04 Å². The molecule has 0 aromatic heterocycles. The number of hydrogen-bond acceptors (Lipinski definition) is 3. The number of hydrogen-bond donors (Lipinski definition) is 2. The third-order valence-electron chi connectivity index (χ3n) is 3.52. The highest BCUT2D eigenvalue weighted by atomic mass is 16.5. The van der Waals surface area contributed by atoms with E-state index in [0.29, 0.717) is 6.61 Å². The molecule has 4 nitrogen and oxygen atoms in total. The number of nitrogens with one attached hydrogen (secondary N) is 1. The zero-order valence-corrected chi connectivity index (χ0v) is 13.9. The van der Waals surface area contributed by atoms with Gasteiger partial charge in [-0.2, -0.15) is 0 Å². The Morgan fingerprint density at radius 2 is 1.70 bits per heavy atom. The molecule has 1 amide bonds. The molecule has 1 atom stereocenters. The summed E-state index contributed by atoms with van der Waals surface area (Å²) >= 11 is 0. The molecule has 0 aliphatic heterocycles. The number of carbonyl (C=O) groups is 1. The number of amides is 1. The molecule has 2 aromatic rings. The van der Waals surface area contributed by atoms with Crippen molar-refractivity contribution in [3.8, 4) is 0 Å². The van der Waals surface area contributed by atoms with Crippen molar-refractivity contribution >= 4 is 11.6 Å².